The lowest BCUT2D eigenvalue weighted by atomic mass is 9.89. The third kappa shape index (κ3) is 3.54. The standard InChI is InChI=1S/C15H14BrCl2NO/c16-11-4-1-9(2-5-11)15(20)12(8-19)10-3-6-13(17)14(18)7-10/h1-7,12,15,20H,8,19H2. The summed E-state index contributed by atoms with van der Waals surface area (Å²) in [5.41, 5.74) is 7.50. The van der Waals surface area contributed by atoms with Crippen molar-refractivity contribution in [1.82, 2.24) is 0 Å². The van der Waals surface area contributed by atoms with E-state index in [0.717, 1.165) is 15.6 Å². The number of benzene rings is 2. The highest BCUT2D eigenvalue weighted by Crippen LogP contribution is 2.33. The summed E-state index contributed by atoms with van der Waals surface area (Å²) in [6, 6.07) is 12.8. The molecule has 2 nitrogen and oxygen atoms in total. The zero-order valence-electron chi connectivity index (χ0n) is 10.6. The average Bonchev–Trinajstić information content (AvgIpc) is 2.44. The van der Waals surface area contributed by atoms with Crippen molar-refractivity contribution in [3.8, 4) is 0 Å². The van der Waals surface area contributed by atoms with Crippen LogP contribution in [0.5, 0.6) is 0 Å². The molecule has 0 heterocycles. The quantitative estimate of drug-likeness (QED) is 0.825. The van der Waals surface area contributed by atoms with Gasteiger partial charge in [-0.3, -0.25) is 0 Å². The molecular formula is C15H14BrCl2NO. The first-order valence-corrected chi connectivity index (χ1v) is 7.66. The van der Waals surface area contributed by atoms with Gasteiger partial charge in [-0.25, -0.2) is 0 Å². The van der Waals surface area contributed by atoms with Gasteiger partial charge in [-0.2, -0.15) is 0 Å². The van der Waals surface area contributed by atoms with Gasteiger partial charge in [-0.15, -0.1) is 0 Å². The first-order chi connectivity index (χ1) is 9.52. The van der Waals surface area contributed by atoms with E-state index in [1.54, 1.807) is 12.1 Å². The number of hydrogen-bond donors (Lipinski definition) is 2. The molecule has 2 unspecified atom stereocenters. The summed E-state index contributed by atoms with van der Waals surface area (Å²) in [6.07, 6.45) is -0.689. The zero-order valence-corrected chi connectivity index (χ0v) is 13.7. The number of hydrogen-bond acceptors (Lipinski definition) is 2. The summed E-state index contributed by atoms with van der Waals surface area (Å²) < 4.78 is 0.965. The molecule has 0 saturated heterocycles. The minimum Gasteiger partial charge on any atom is -0.388 e. The number of aliphatic hydroxyl groups is 1. The van der Waals surface area contributed by atoms with Crippen molar-refractivity contribution in [3.63, 3.8) is 0 Å². The van der Waals surface area contributed by atoms with Crippen LogP contribution in [-0.2, 0) is 0 Å². The number of rotatable bonds is 4. The molecule has 0 aliphatic rings. The Morgan fingerprint density at radius 2 is 1.60 bits per heavy atom. The second-order valence-corrected chi connectivity index (χ2v) is 6.24. The van der Waals surface area contributed by atoms with Gasteiger partial charge in [-0.05, 0) is 35.4 Å². The molecule has 0 spiro atoms. The van der Waals surface area contributed by atoms with Crippen LogP contribution in [0.4, 0.5) is 0 Å². The van der Waals surface area contributed by atoms with Gasteiger partial charge in [0.2, 0.25) is 0 Å². The Morgan fingerprint density at radius 1 is 1.00 bits per heavy atom. The van der Waals surface area contributed by atoms with Crippen molar-refractivity contribution in [2.24, 2.45) is 5.73 Å². The summed E-state index contributed by atoms with van der Waals surface area (Å²) in [5, 5.41) is 11.5. The molecule has 0 aromatic heterocycles. The van der Waals surface area contributed by atoms with Crippen molar-refractivity contribution < 1.29 is 5.11 Å². The van der Waals surface area contributed by atoms with Crippen LogP contribution in [0.2, 0.25) is 10.0 Å². The highest BCUT2D eigenvalue weighted by molar-refractivity contribution is 9.10. The van der Waals surface area contributed by atoms with Crippen LogP contribution in [-0.4, -0.2) is 11.7 Å². The lowest BCUT2D eigenvalue weighted by Gasteiger charge is -2.22. The van der Waals surface area contributed by atoms with Gasteiger partial charge < -0.3 is 10.8 Å². The minimum atomic E-state index is -0.689. The van der Waals surface area contributed by atoms with E-state index in [9.17, 15) is 5.11 Å². The molecule has 0 fully saturated rings. The van der Waals surface area contributed by atoms with Gasteiger partial charge in [0.1, 0.15) is 0 Å². The Hall–Kier alpha value is -0.580. The van der Waals surface area contributed by atoms with Gasteiger partial charge >= 0.3 is 0 Å². The predicted molar refractivity (Wildman–Crippen MR) is 87.4 cm³/mol. The lowest BCUT2D eigenvalue weighted by molar-refractivity contribution is 0.147. The average molecular weight is 375 g/mol. The number of aliphatic hydroxyl groups excluding tert-OH is 1. The Bertz CT molecular complexity index is 589. The van der Waals surface area contributed by atoms with Crippen molar-refractivity contribution >= 4 is 39.1 Å². The Balaban J connectivity index is 2.31. The molecule has 0 aliphatic carbocycles. The molecule has 0 aliphatic heterocycles. The second-order valence-electron chi connectivity index (χ2n) is 4.51. The molecule has 5 heteroatoms. The van der Waals surface area contributed by atoms with E-state index in [0.29, 0.717) is 16.6 Å². The second kappa shape index (κ2) is 6.92. The number of halogens is 3. The highest BCUT2D eigenvalue weighted by atomic mass is 79.9. The third-order valence-electron chi connectivity index (χ3n) is 3.22. The van der Waals surface area contributed by atoms with Crippen molar-refractivity contribution in [1.29, 1.82) is 0 Å². The maximum atomic E-state index is 10.5. The molecular weight excluding hydrogens is 361 g/mol. The molecule has 106 valence electrons. The van der Waals surface area contributed by atoms with E-state index >= 15 is 0 Å². The fourth-order valence-electron chi connectivity index (χ4n) is 2.08. The normalized spacial score (nSPS) is 14.1. The largest absolute Gasteiger partial charge is 0.388 e. The van der Waals surface area contributed by atoms with Gasteiger partial charge in [0, 0.05) is 16.9 Å². The minimum absolute atomic E-state index is 0.231. The first kappa shape index (κ1) is 15.8. The van der Waals surface area contributed by atoms with E-state index in [4.69, 9.17) is 28.9 Å². The molecule has 3 N–H and O–H groups in total. The fraction of sp³-hybridized carbons (Fsp3) is 0.200. The summed E-state index contributed by atoms with van der Waals surface area (Å²) in [6.45, 7) is 0.315. The van der Waals surface area contributed by atoms with E-state index in [1.165, 1.54) is 0 Å². The molecule has 2 rings (SSSR count). The fourth-order valence-corrected chi connectivity index (χ4v) is 2.65. The Labute approximate surface area is 136 Å². The first-order valence-electron chi connectivity index (χ1n) is 6.11. The summed E-state index contributed by atoms with van der Waals surface area (Å²) in [7, 11) is 0. The van der Waals surface area contributed by atoms with Crippen LogP contribution in [0.25, 0.3) is 0 Å². The van der Waals surface area contributed by atoms with Gasteiger partial charge in [0.15, 0.2) is 0 Å². The van der Waals surface area contributed by atoms with E-state index in [1.807, 2.05) is 30.3 Å². The van der Waals surface area contributed by atoms with Crippen molar-refractivity contribution in [3.05, 3.63) is 68.1 Å². The molecule has 0 radical (unpaired) electrons. The Morgan fingerprint density at radius 3 is 2.15 bits per heavy atom. The van der Waals surface area contributed by atoms with E-state index < -0.39 is 6.10 Å². The molecule has 0 saturated carbocycles. The van der Waals surface area contributed by atoms with Crippen LogP contribution in [0, 0.1) is 0 Å². The van der Waals surface area contributed by atoms with Crippen molar-refractivity contribution in [2.75, 3.05) is 6.54 Å². The molecule has 2 aromatic carbocycles. The van der Waals surface area contributed by atoms with Gasteiger partial charge in [0.05, 0.1) is 16.1 Å². The maximum absolute atomic E-state index is 10.5. The SMILES string of the molecule is NCC(c1ccc(Cl)c(Cl)c1)C(O)c1ccc(Br)cc1. The molecule has 2 aromatic rings. The van der Waals surface area contributed by atoms with Crippen LogP contribution in [0.15, 0.2) is 46.9 Å². The molecule has 0 amide bonds. The number of nitrogens with two attached hydrogens (primary N) is 1. The van der Waals surface area contributed by atoms with E-state index in [-0.39, 0.29) is 5.92 Å². The smallest absolute Gasteiger partial charge is 0.0870 e. The van der Waals surface area contributed by atoms with Crippen molar-refractivity contribution in [2.45, 2.75) is 12.0 Å². The van der Waals surface area contributed by atoms with Crippen LogP contribution in [0.3, 0.4) is 0 Å². The lowest BCUT2D eigenvalue weighted by Crippen LogP contribution is -2.20. The third-order valence-corrected chi connectivity index (χ3v) is 4.49. The van der Waals surface area contributed by atoms with E-state index in [2.05, 4.69) is 15.9 Å². The molecule has 2 atom stereocenters. The van der Waals surface area contributed by atoms with Gasteiger partial charge in [-0.1, -0.05) is 57.3 Å². The van der Waals surface area contributed by atoms with Crippen LogP contribution >= 0.6 is 39.1 Å². The summed E-state index contributed by atoms with van der Waals surface area (Å²) in [4.78, 5) is 0. The maximum Gasteiger partial charge on any atom is 0.0870 e. The highest BCUT2D eigenvalue weighted by Gasteiger charge is 2.22. The Kier molecular flexibility index (Phi) is 5.47. The van der Waals surface area contributed by atoms with Crippen LogP contribution < -0.4 is 5.73 Å². The van der Waals surface area contributed by atoms with Crippen LogP contribution in [0.1, 0.15) is 23.1 Å². The zero-order chi connectivity index (χ0) is 14.7. The monoisotopic (exact) mass is 373 g/mol. The predicted octanol–water partition coefficient (Wildman–Crippen LogP) is 4.53. The van der Waals surface area contributed by atoms with Gasteiger partial charge in [0.25, 0.3) is 0 Å². The molecule has 20 heavy (non-hydrogen) atoms. The molecule has 0 bridgehead atoms. The summed E-state index contributed by atoms with van der Waals surface area (Å²) >= 11 is 15.3. The topological polar surface area (TPSA) is 46.2 Å². The summed E-state index contributed by atoms with van der Waals surface area (Å²) in [5.74, 6) is -0.231.